The summed E-state index contributed by atoms with van der Waals surface area (Å²) in [4.78, 5) is 14.1. The van der Waals surface area contributed by atoms with Crippen LogP contribution in [0.25, 0.3) is 0 Å². The Bertz CT molecular complexity index is 289. The molecule has 3 fully saturated rings. The first-order chi connectivity index (χ1) is 8.33. The summed E-state index contributed by atoms with van der Waals surface area (Å²) >= 11 is 0. The third-order valence-corrected chi connectivity index (χ3v) is 4.50. The smallest absolute Gasteiger partial charge is 0.220 e. The first-order valence-corrected chi connectivity index (χ1v) is 6.94. The number of amides is 1. The molecule has 17 heavy (non-hydrogen) atoms. The van der Waals surface area contributed by atoms with Crippen LogP contribution in [0.5, 0.6) is 0 Å². The third kappa shape index (κ3) is 2.47. The van der Waals surface area contributed by atoms with Gasteiger partial charge in [0.15, 0.2) is 0 Å². The van der Waals surface area contributed by atoms with Crippen molar-refractivity contribution >= 4 is 5.91 Å². The van der Waals surface area contributed by atoms with Crippen LogP contribution < -0.4 is 5.32 Å². The summed E-state index contributed by atoms with van der Waals surface area (Å²) in [5.41, 5.74) is 0. The molecule has 1 N–H and O–H groups in total. The minimum absolute atomic E-state index is 0.256. The second kappa shape index (κ2) is 4.94. The Morgan fingerprint density at radius 3 is 2.82 bits per heavy atom. The van der Waals surface area contributed by atoms with Gasteiger partial charge in [-0.25, -0.2) is 0 Å². The van der Waals surface area contributed by atoms with Crippen LogP contribution in [0.3, 0.4) is 0 Å². The summed E-state index contributed by atoms with van der Waals surface area (Å²) in [5.74, 6) is 0.940. The molecular formula is C13H22N2O2. The van der Waals surface area contributed by atoms with Crippen molar-refractivity contribution in [1.29, 1.82) is 0 Å². The molecule has 3 saturated heterocycles. The minimum Gasteiger partial charge on any atom is -0.381 e. The monoisotopic (exact) mass is 238 g/mol. The van der Waals surface area contributed by atoms with Gasteiger partial charge in [0.2, 0.25) is 5.91 Å². The molecule has 1 amide bonds. The molecule has 4 nitrogen and oxygen atoms in total. The van der Waals surface area contributed by atoms with E-state index in [1.165, 1.54) is 13.0 Å². The Morgan fingerprint density at radius 1 is 1.18 bits per heavy atom. The van der Waals surface area contributed by atoms with Gasteiger partial charge in [-0.2, -0.15) is 0 Å². The first-order valence-electron chi connectivity index (χ1n) is 6.94. The molecule has 3 aliphatic rings. The number of rotatable bonds is 1. The molecule has 0 spiro atoms. The number of hydrogen-bond donors (Lipinski definition) is 1. The molecule has 0 aromatic rings. The summed E-state index contributed by atoms with van der Waals surface area (Å²) in [5, 5.41) is 3.20. The standard InChI is InChI=1S/C13H22N2O2/c16-13-3-1-2-10-8-15(9-12(10)14-13)11-4-6-17-7-5-11/h10-12H,1-9H2,(H,14,16)/t10-,12+/m1/s1. The van der Waals surface area contributed by atoms with Crippen molar-refractivity contribution < 1.29 is 9.53 Å². The summed E-state index contributed by atoms with van der Waals surface area (Å²) in [7, 11) is 0. The molecule has 0 aromatic carbocycles. The van der Waals surface area contributed by atoms with Gasteiger partial charge in [-0.15, -0.1) is 0 Å². The predicted octanol–water partition coefficient (Wildman–Crippen LogP) is 0.766. The minimum atomic E-state index is 0.256. The van der Waals surface area contributed by atoms with Crippen LogP contribution in [0.4, 0.5) is 0 Å². The van der Waals surface area contributed by atoms with Crippen LogP contribution in [0.1, 0.15) is 32.1 Å². The summed E-state index contributed by atoms with van der Waals surface area (Å²) < 4.78 is 5.42. The van der Waals surface area contributed by atoms with Crippen LogP contribution in [-0.2, 0) is 9.53 Å². The highest BCUT2D eigenvalue weighted by Gasteiger charge is 2.38. The van der Waals surface area contributed by atoms with Gasteiger partial charge >= 0.3 is 0 Å². The maximum atomic E-state index is 11.6. The fourth-order valence-electron chi connectivity index (χ4n) is 3.51. The van der Waals surface area contributed by atoms with Gasteiger partial charge < -0.3 is 10.1 Å². The maximum Gasteiger partial charge on any atom is 0.220 e. The largest absolute Gasteiger partial charge is 0.381 e. The zero-order valence-corrected chi connectivity index (χ0v) is 10.4. The summed E-state index contributed by atoms with van der Waals surface area (Å²) in [6, 6.07) is 1.10. The normalized spacial score (nSPS) is 36.4. The molecular weight excluding hydrogens is 216 g/mol. The molecule has 0 aromatic heterocycles. The highest BCUT2D eigenvalue weighted by atomic mass is 16.5. The second-order valence-corrected chi connectivity index (χ2v) is 5.62. The molecule has 3 rings (SSSR count). The van der Waals surface area contributed by atoms with Crippen molar-refractivity contribution in [3.05, 3.63) is 0 Å². The predicted molar refractivity (Wildman–Crippen MR) is 64.7 cm³/mol. The molecule has 0 bridgehead atoms. The third-order valence-electron chi connectivity index (χ3n) is 4.50. The Morgan fingerprint density at radius 2 is 2.00 bits per heavy atom. The number of hydrogen-bond acceptors (Lipinski definition) is 3. The van der Waals surface area contributed by atoms with E-state index in [1.807, 2.05) is 0 Å². The SMILES string of the molecule is O=C1CCC[C@@H]2CN(C3CCOCC3)C[C@@H]2N1. The second-order valence-electron chi connectivity index (χ2n) is 5.62. The van der Waals surface area contributed by atoms with Gasteiger partial charge in [0.05, 0.1) is 0 Å². The number of fused-ring (bicyclic) bond motifs is 1. The molecule has 3 heterocycles. The van der Waals surface area contributed by atoms with Gasteiger partial charge in [0.1, 0.15) is 0 Å². The van der Waals surface area contributed by atoms with E-state index in [4.69, 9.17) is 4.74 Å². The molecule has 0 saturated carbocycles. The molecule has 3 aliphatic heterocycles. The lowest BCUT2D eigenvalue weighted by Gasteiger charge is -2.31. The van der Waals surface area contributed by atoms with E-state index in [-0.39, 0.29) is 5.91 Å². The van der Waals surface area contributed by atoms with E-state index in [0.29, 0.717) is 18.0 Å². The van der Waals surface area contributed by atoms with Gasteiger partial charge in [0.25, 0.3) is 0 Å². The number of likely N-dealkylation sites (tertiary alicyclic amines) is 1. The molecule has 2 atom stereocenters. The number of ether oxygens (including phenoxy) is 1. The van der Waals surface area contributed by atoms with Crippen LogP contribution in [-0.4, -0.2) is 49.2 Å². The van der Waals surface area contributed by atoms with Crippen molar-refractivity contribution in [1.82, 2.24) is 10.2 Å². The molecule has 0 radical (unpaired) electrons. The van der Waals surface area contributed by atoms with Crippen molar-refractivity contribution in [3.63, 3.8) is 0 Å². The lowest BCUT2D eigenvalue weighted by Crippen LogP contribution is -2.41. The molecule has 96 valence electrons. The molecule has 0 unspecified atom stereocenters. The Kier molecular flexibility index (Phi) is 3.34. The van der Waals surface area contributed by atoms with Gasteiger partial charge in [-0.05, 0) is 31.6 Å². The molecule has 0 aliphatic carbocycles. The van der Waals surface area contributed by atoms with E-state index in [9.17, 15) is 4.79 Å². The average molecular weight is 238 g/mol. The maximum absolute atomic E-state index is 11.6. The van der Waals surface area contributed by atoms with Gasteiger partial charge in [-0.1, -0.05) is 0 Å². The molecule has 4 heteroatoms. The Labute approximate surface area is 103 Å². The lowest BCUT2D eigenvalue weighted by molar-refractivity contribution is -0.121. The van der Waals surface area contributed by atoms with Crippen LogP contribution in [0.15, 0.2) is 0 Å². The fraction of sp³-hybridized carbons (Fsp3) is 0.923. The quantitative estimate of drug-likeness (QED) is 0.733. The fourth-order valence-corrected chi connectivity index (χ4v) is 3.51. The van der Waals surface area contributed by atoms with Crippen molar-refractivity contribution in [2.24, 2.45) is 5.92 Å². The van der Waals surface area contributed by atoms with E-state index < -0.39 is 0 Å². The van der Waals surface area contributed by atoms with E-state index in [2.05, 4.69) is 10.2 Å². The van der Waals surface area contributed by atoms with E-state index >= 15 is 0 Å². The topological polar surface area (TPSA) is 41.6 Å². The van der Waals surface area contributed by atoms with E-state index in [0.717, 1.165) is 45.4 Å². The van der Waals surface area contributed by atoms with Crippen molar-refractivity contribution in [2.75, 3.05) is 26.3 Å². The lowest BCUT2D eigenvalue weighted by atomic mass is 9.99. The van der Waals surface area contributed by atoms with Crippen molar-refractivity contribution in [3.8, 4) is 0 Å². The Balaban J connectivity index is 1.61. The number of carbonyl (C=O) groups is 1. The number of nitrogens with zero attached hydrogens (tertiary/aromatic N) is 1. The summed E-state index contributed by atoms with van der Waals surface area (Å²) in [6.45, 7) is 4.04. The zero-order chi connectivity index (χ0) is 11.7. The van der Waals surface area contributed by atoms with Crippen LogP contribution in [0.2, 0.25) is 0 Å². The average Bonchev–Trinajstić information content (AvgIpc) is 2.66. The number of nitrogens with one attached hydrogen (secondary N) is 1. The van der Waals surface area contributed by atoms with Crippen molar-refractivity contribution in [2.45, 2.75) is 44.2 Å². The number of carbonyl (C=O) groups excluding carboxylic acids is 1. The van der Waals surface area contributed by atoms with Gasteiger partial charge in [0, 0.05) is 44.8 Å². The van der Waals surface area contributed by atoms with Crippen LogP contribution in [0, 0.1) is 5.92 Å². The Hall–Kier alpha value is -0.610. The van der Waals surface area contributed by atoms with E-state index in [1.54, 1.807) is 0 Å². The zero-order valence-electron chi connectivity index (χ0n) is 10.4. The highest BCUT2D eigenvalue weighted by molar-refractivity contribution is 5.76. The highest BCUT2D eigenvalue weighted by Crippen LogP contribution is 2.28. The first kappa shape index (κ1) is 11.5. The summed E-state index contributed by atoms with van der Waals surface area (Å²) in [6.07, 6.45) is 5.32. The van der Waals surface area contributed by atoms with Crippen LogP contribution >= 0.6 is 0 Å². The van der Waals surface area contributed by atoms with Gasteiger partial charge in [-0.3, -0.25) is 9.69 Å².